The highest BCUT2D eigenvalue weighted by Crippen LogP contribution is 2.29. The molecule has 1 atom stereocenters. The van der Waals surface area contributed by atoms with Gasteiger partial charge in [-0.3, -0.25) is 0 Å². The molecule has 1 heterocycles. The highest BCUT2D eigenvalue weighted by atomic mass is 19.1. The normalized spacial score (nSPS) is 12.7. The summed E-state index contributed by atoms with van der Waals surface area (Å²) in [5, 5.41) is 16.1. The Balaban J connectivity index is 1.51. The van der Waals surface area contributed by atoms with Crippen LogP contribution in [0.15, 0.2) is 66.7 Å². The van der Waals surface area contributed by atoms with E-state index in [4.69, 9.17) is 0 Å². The number of fused-ring (bicyclic) bond motifs is 3. The second-order valence-corrected chi connectivity index (χ2v) is 6.81. The molecule has 138 valence electrons. The number of hydrogen-bond acceptors (Lipinski definition) is 2. The quantitative estimate of drug-likeness (QED) is 0.518. The molecule has 0 spiro atoms. The Morgan fingerprint density at radius 3 is 2.48 bits per heavy atom. The van der Waals surface area contributed by atoms with Crippen LogP contribution < -0.4 is 5.32 Å². The Labute approximate surface area is 158 Å². The molecule has 0 aliphatic carbocycles. The Kier molecular flexibility index (Phi) is 4.92. The number of aliphatic hydroxyl groups is 1. The molecule has 3 nitrogen and oxygen atoms in total. The minimum atomic E-state index is -0.656. The molecule has 1 unspecified atom stereocenters. The predicted molar refractivity (Wildman–Crippen MR) is 108 cm³/mol. The van der Waals surface area contributed by atoms with Crippen molar-refractivity contribution < 1.29 is 9.50 Å². The average molecular weight is 362 g/mol. The highest BCUT2D eigenvalue weighted by molar-refractivity contribution is 6.08. The SMILES string of the molecule is CCn1c2ccccc2c2cc(CNCC(O)c3ccc(F)cc3)ccc21. The number of halogens is 1. The maximum atomic E-state index is 13.0. The minimum Gasteiger partial charge on any atom is -0.387 e. The van der Waals surface area contributed by atoms with Crippen LogP contribution in [0.25, 0.3) is 21.8 Å². The first-order valence-electron chi connectivity index (χ1n) is 9.31. The van der Waals surface area contributed by atoms with Crippen molar-refractivity contribution in [2.45, 2.75) is 26.1 Å². The number of benzene rings is 3. The van der Waals surface area contributed by atoms with E-state index < -0.39 is 6.10 Å². The Morgan fingerprint density at radius 2 is 1.70 bits per heavy atom. The second-order valence-electron chi connectivity index (χ2n) is 6.81. The maximum absolute atomic E-state index is 13.0. The van der Waals surface area contributed by atoms with Crippen LogP contribution in [0.4, 0.5) is 4.39 Å². The summed E-state index contributed by atoms with van der Waals surface area (Å²) in [6.07, 6.45) is -0.656. The van der Waals surface area contributed by atoms with E-state index >= 15 is 0 Å². The van der Waals surface area contributed by atoms with Gasteiger partial charge in [-0.15, -0.1) is 0 Å². The van der Waals surface area contributed by atoms with Crippen LogP contribution in [-0.4, -0.2) is 16.2 Å². The largest absolute Gasteiger partial charge is 0.387 e. The van der Waals surface area contributed by atoms with Gasteiger partial charge in [0.05, 0.1) is 6.10 Å². The van der Waals surface area contributed by atoms with Gasteiger partial charge in [0.2, 0.25) is 0 Å². The maximum Gasteiger partial charge on any atom is 0.123 e. The minimum absolute atomic E-state index is 0.293. The first kappa shape index (κ1) is 17.7. The second kappa shape index (κ2) is 7.51. The molecule has 0 aliphatic heterocycles. The van der Waals surface area contributed by atoms with Crippen molar-refractivity contribution in [3.63, 3.8) is 0 Å². The molecule has 0 aliphatic rings. The molecule has 4 rings (SSSR count). The lowest BCUT2D eigenvalue weighted by Crippen LogP contribution is -2.21. The van der Waals surface area contributed by atoms with Gasteiger partial charge in [0.25, 0.3) is 0 Å². The third-order valence-corrected chi connectivity index (χ3v) is 5.07. The fourth-order valence-electron chi connectivity index (χ4n) is 3.71. The summed E-state index contributed by atoms with van der Waals surface area (Å²) >= 11 is 0. The topological polar surface area (TPSA) is 37.2 Å². The number of hydrogen-bond donors (Lipinski definition) is 2. The summed E-state index contributed by atoms with van der Waals surface area (Å²) in [5.74, 6) is -0.293. The highest BCUT2D eigenvalue weighted by Gasteiger charge is 2.10. The average Bonchev–Trinajstić information content (AvgIpc) is 3.01. The standard InChI is InChI=1S/C23H23FN2O/c1-2-26-21-6-4-3-5-19(21)20-13-16(7-12-22(20)26)14-25-15-23(27)17-8-10-18(24)11-9-17/h3-13,23,25,27H,2,14-15H2,1H3. The lowest BCUT2D eigenvalue weighted by molar-refractivity contribution is 0.174. The van der Waals surface area contributed by atoms with Crippen molar-refractivity contribution in [3.8, 4) is 0 Å². The van der Waals surface area contributed by atoms with E-state index in [-0.39, 0.29) is 5.82 Å². The molecule has 0 saturated heterocycles. The molecule has 2 N–H and O–H groups in total. The van der Waals surface area contributed by atoms with E-state index in [2.05, 4.69) is 59.3 Å². The van der Waals surface area contributed by atoms with E-state index in [9.17, 15) is 9.50 Å². The van der Waals surface area contributed by atoms with Crippen LogP contribution in [0.2, 0.25) is 0 Å². The smallest absolute Gasteiger partial charge is 0.123 e. The van der Waals surface area contributed by atoms with Gasteiger partial charge in [-0.2, -0.15) is 0 Å². The molecule has 1 aromatic heterocycles. The fraction of sp³-hybridized carbons (Fsp3) is 0.217. The number of rotatable bonds is 6. The van der Waals surface area contributed by atoms with Crippen LogP contribution >= 0.6 is 0 Å². The van der Waals surface area contributed by atoms with Crippen molar-refractivity contribution in [2.24, 2.45) is 0 Å². The molecular formula is C23H23FN2O. The lowest BCUT2D eigenvalue weighted by Gasteiger charge is -2.12. The first-order chi connectivity index (χ1) is 13.2. The van der Waals surface area contributed by atoms with Gasteiger partial charge in [-0.25, -0.2) is 4.39 Å². The van der Waals surface area contributed by atoms with E-state index in [1.165, 1.54) is 39.5 Å². The Morgan fingerprint density at radius 1 is 0.963 bits per heavy atom. The van der Waals surface area contributed by atoms with Crippen LogP contribution in [0, 0.1) is 5.82 Å². The number of para-hydroxylation sites is 1. The molecule has 0 fully saturated rings. The molecule has 3 aromatic carbocycles. The van der Waals surface area contributed by atoms with Crippen molar-refractivity contribution >= 4 is 21.8 Å². The van der Waals surface area contributed by atoms with E-state index in [1.54, 1.807) is 12.1 Å². The van der Waals surface area contributed by atoms with E-state index in [1.807, 2.05) is 0 Å². The number of aromatic nitrogens is 1. The Hall–Kier alpha value is -2.69. The van der Waals surface area contributed by atoms with Crippen LogP contribution in [0.3, 0.4) is 0 Å². The van der Waals surface area contributed by atoms with Crippen molar-refractivity contribution in [1.82, 2.24) is 9.88 Å². The fourth-order valence-corrected chi connectivity index (χ4v) is 3.71. The van der Waals surface area contributed by atoms with Crippen molar-refractivity contribution in [3.05, 3.63) is 83.7 Å². The van der Waals surface area contributed by atoms with Gasteiger partial charge in [-0.1, -0.05) is 36.4 Å². The summed E-state index contributed by atoms with van der Waals surface area (Å²) in [4.78, 5) is 0. The van der Waals surface area contributed by atoms with Crippen LogP contribution in [0.5, 0.6) is 0 Å². The van der Waals surface area contributed by atoms with E-state index in [0.29, 0.717) is 18.7 Å². The van der Waals surface area contributed by atoms with E-state index in [0.717, 1.165) is 6.54 Å². The zero-order valence-electron chi connectivity index (χ0n) is 15.3. The number of aliphatic hydroxyl groups excluding tert-OH is 1. The predicted octanol–water partition coefficient (Wildman–Crippen LogP) is 4.78. The lowest BCUT2D eigenvalue weighted by atomic mass is 10.1. The van der Waals surface area contributed by atoms with Crippen LogP contribution in [0.1, 0.15) is 24.2 Å². The third kappa shape index (κ3) is 3.46. The summed E-state index contributed by atoms with van der Waals surface area (Å²) in [7, 11) is 0. The van der Waals surface area contributed by atoms with Gasteiger partial charge in [-0.05, 0) is 48.4 Å². The first-order valence-corrected chi connectivity index (χ1v) is 9.31. The summed E-state index contributed by atoms with van der Waals surface area (Å²) in [5.41, 5.74) is 4.39. The van der Waals surface area contributed by atoms with Gasteiger partial charge in [0.15, 0.2) is 0 Å². The van der Waals surface area contributed by atoms with Gasteiger partial charge >= 0.3 is 0 Å². The molecule has 27 heavy (non-hydrogen) atoms. The third-order valence-electron chi connectivity index (χ3n) is 5.07. The van der Waals surface area contributed by atoms with Crippen molar-refractivity contribution in [2.75, 3.05) is 6.54 Å². The number of nitrogens with zero attached hydrogens (tertiary/aromatic N) is 1. The summed E-state index contributed by atoms with van der Waals surface area (Å²) in [6, 6.07) is 21.0. The Bertz CT molecular complexity index is 1070. The number of aryl methyl sites for hydroxylation is 1. The number of nitrogens with one attached hydrogen (secondary N) is 1. The zero-order valence-corrected chi connectivity index (χ0v) is 15.3. The molecule has 0 saturated carbocycles. The zero-order chi connectivity index (χ0) is 18.8. The van der Waals surface area contributed by atoms with Gasteiger partial charge in [0.1, 0.15) is 5.82 Å². The van der Waals surface area contributed by atoms with Gasteiger partial charge < -0.3 is 15.0 Å². The monoisotopic (exact) mass is 362 g/mol. The van der Waals surface area contributed by atoms with Gasteiger partial charge in [0, 0.05) is 41.4 Å². The molecule has 4 aromatic rings. The molecule has 0 amide bonds. The summed E-state index contributed by atoms with van der Waals surface area (Å²) in [6.45, 7) is 4.18. The molecule has 0 radical (unpaired) electrons. The van der Waals surface area contributed by atoms with Crippen molar-refractivity contribution in [1.29, 1.82) is 0 Å². The molecular weight excluding hydrogens is 339 g/mol. The summed E-state index contributed by atoms with van der Waals surface area (Å²) < 4.78 is 15.3. The van der Waals surface area contributed by atoms with Crippen LogP contribution in [-0.2, 0) is 13.1 Å². The molecule has 0 bridgehead atoms. The molecule has 4 heteroatoms.